The number of carbonyl (C=O) groups excluding carboxylic acids is 2. The van der Waals surface area contributed by atoms with Crippen molar-refractivity contribution >= 4 is 11.7 Å². The standard InChI is InChI=1S/C10H9NO4/c1-5-2-3-7(15-5)8(12)6-4-11-10(14)9(6)13/h2-3,13H,4H2,1H3,(H,11,14). The van der Waals surface area contributed by atoms with Crippen LogP contribution in [0.25, 0.3) is 0 Å². The van der Waals surface area contributed by atoms with Crippen molar-refractivity contribution in [2.75, 3.05) is 6.54 Å². The number of aliphatic hydroxyl groups excluding tert-OH is 1. The lowest BCUT2D eigenvalue weighted by molar-refractivity contribution is -0.118. The fourth-order valence-electron chi connectivity index (χ4n) is 1.37. The van der Waals surface area contributed by atoms with Crippen LogP contribution in [0.2, 0.25) is 0 Å². The van der Waals surface area contributed by atoms with Crippen molar-refractivity contribution in [3.63, 3.8) is 0 Å². The molecule has 1 amide bonds. The molecule has 0 aromatic carbocycles. The maximum Gasteiger partial charge on any atom is 0.286 e. The fourth-order valence-corrected chi connectivity index (χ4v) is 1.37. The van der Waals surface area contributed by atoms with Gasteiger partial charge in [-0.1, -0.05) is 0 Å². The molecule has 0 atom stereocenters. The molecule has 0 bridgehead atoms. The molecule has 0 radical (unpaired) electrons. The van der Waals surface area contributed by atoms with Crippen molar-refractivity contribution in [3.05, 3.63) is 35.0 Å². The van der Waals surface area contributed by atoms with Crippen LogP contribution in [0.5, 0.6) is 0 Å². The fraction of sp³-hybridized carbons (Fsp3) is 0.200. The minimum atomic E-state index is -0.623. The highest BCUT2D eigenvalue weighted by molar-refractivity contribution is 6.14. The minimum Gasteiger partial charge on any atom is -0.503 e. The van der Waals surface area contributed by atoms with Gasteiger partial charge in [0.15, 0.2) is 11.5 Å². The number of hydrogen-bond acceptors (Lipinski definition) is 4. The maximum atomic E-state index is 11.7. The zero-order chi connectivity index (χ0) is 11.0. The Kier molecular flexibility index (Phi) is 2.07. The smallest absolute Gasteiger partial charge is 0.286 e. The summed E-state index contributed by atoms with van der Waals surface area (Å²) in [6.07, 6.45) is 0. The first kappa shape index (κ1) is 9.51. The monoisotopic (exact) mass is 207 g/mol. The molecular weight excluding hydrogens is 198 g/mol. The van der Waals surface area contributed by atoms with Gasteiger partial charge >= 0.3 is 0 Å². The second-order valence-corrected chi connectivity index (χ2v) is 3.25. The van der Waals surface area contributed by atoms with E-state index in [1.165, 1.54) is 6.07 Å². The van der Waals surface area contributed by atoms with E-state index in [2.05, 4.69) is 5.32 Å². The summed E-state index contributed by atoms with van der Waals surface area (Å²) >= 11 is 0. The molecule has 5 heteroatoms. The molecule has 1 aromatic rings. The quantitative estimate of drug-likeness (QED) is 0.700. The Bertz CT molecular complexity index is 470. The van der Waals surface area contributed by atoms with Crippen molar-refractivity contribution in [1.82, 2.24) is 5.32 Å². The Morgan fingerprint density at radius 2 is 2.27 bits per heavy atom. The van der Waals surface area contributed by atoms with Crippen LogP contribution in [0.4, 0.5) is 0 Å². The predicted octanol–water partition coefficient (Wildman–Crippen LogP) is 0.713. The summed E-state index contributed by atoms with van der Waals surface area (Å²) in [6.45, 7) is 1.76. The van der Waals surface area contributed by atoms with E-state index in [1.807, 2.05) is 0 Å². The van der Waals surface area contributed by atoms with Gasteiger partial charge in [-0.3, -0.25) is 9.59 Å². The van der Waals surface area contributed by atoms with Crippen LogP contribution < -0.4 is 5.32 Å². The van der Waals surface area contributed by atoms with Crippen molar-refractivity contribution in [3.8, 4) is 0 Å². The third-order valence-corrected chi connectivity index (χ3v) is 2.16. The number of amides is 1. The van der Waals surface area contributed by atoms with Gasteiger partial charge in [-0.05, 0) is 19.1 Å². The molecular formula is C10H9NO4. The number of carbonyl (C=O) groups is 2. The average molecular weight is 207 g/mol. The van der Waals surface area contributed by atoms with Gasteiger partial charge < -0.3 is 14.8 Å². The van der Waals surface area contributed by atoms with E-state index in [0.29, 0.717) is 5.76 Å². The first-order valence-electron chi connectivity index (χ1n) is 4.41. The summed E-state index contributed by atoms with van der Waals surface area (Å²) in [4.78, 5) is 22.6. The van der Waals surface area contributed by atoms with Gasteiger partial charge in [0.2, 0.25) is 5.78 Å². The third kappa shape index (κ3) is 1.52. The van der Waals surface area contributed by atoms with Gasteiger partial charge in [0.25, 0.3) is 5.91 Å². The van der Waals surface area contributed by atoms with E-state index in [1.54, 1.807) is 13.0 Å². The van der Waals surface area contributed by atoms with Crippen LogP contribution in [-0.2, 0) is 4.79 Å². The zero-order valence-electron chi connectivity index (χ0n) is 8.03. The number of nitrogens with one attached hydrogen (secondary N) is 1. The minimum absolute atomic E-state index is 0.0449. The predicted molar refractivity (Wildman–Crippen MR) is 50.4 cm³/mol. The van der Waals surface area contributed by atoms with Gasteiger partial charge in [0, 0.05) is 0 Å². The Labute approximate surface area is 85.4 Å². The largest absolute Gasteiger partial charge is 0.503 e. The molecule has 0 aliphatic carbocycles. The van der Waals surface area contributed by atoms with Crippen molar-refractivity contribution in [1.29, 1.82) is 0 Å². The van der Waals surface area contributed by atoms with Crippen molar-refractivity contribution < 1.29 is 19.1 Å². The lowest BCUT2D eigenvalue weighted by Gasteiger charge is -1.96. The first-order valence-corrected chi connectivity index (χ1v) is 4.41. The third-order valence-electron chi connectivity index (χ3n) is 2.16. The number of aliphatic hydroxyl groups is 1. The van der Waals surface area contributed by atoms with E-state index in [0.717, 1.165) is 0 Å². The topological polar surface area (TPSA) is 79.5 Å². The highest BCUT2D eigenvalue weighted by atomic mass is 16.3. The molecule has 1 aliphatic rings. The summed E-state index contributed by atoms with van der Waals surface area (Å²) in [6, 6.07) is 3.16. The first-order chi connectivity index (χ1) is 7.09. The highest BCUT2D eigenvalue weighted by Gasteiger charge is 2.28. The van der Waals surface area contributed by atoms with Crippen LogP contribution >= 0.6 is 0 Å². The van der Waals surface area contributed by atoms with Gasteiger partial charge in [0.1, 0.15) is 5.76 Å². The maximum absolute atomic E-state index is 11.7. The van der Waals surface area contributed by atoms with Crippen molar-refractivity contribution in [2.45, 2.75) is 6.92 Å². The number of furan rings is 1. The summed E-state index contributed by atoms with van der Waals surface area (Å²) in [7, 11) is 0. The molecule has 0 unspecified atom stereocenters. The van der Waals surface area contributed by atoms with Gasteiger partial charge in [-0.2, -0.15) is 0 Å². The molecule has 0 saturated heterocycles. The summed E-state index contributed by atoms with van der Waals surface area (Å²) in [5.74, 6) is -0.865. The molecule has 15 heavy (non-hydrogen) atoms. The van der Waals surface area contributed by atoms with Crippen LogP contribution in [0, 0.1) is 6.92 Å². The number of ketones is 1. The number of hydrogen-bond donors (Lipinski definition) is 2. The van der Waals surface area contributed by atoms with Crippen molar-refractivity contribution in [2.24, 2.45) is 0 Å². The van der Waals surface area contributed by atoms with Crippen LogP contribution in [0.15, 0.2) is 27.9 Å². The summed E-state index contributed by atoms with van der Waals surface area (Å²) in [5, 5.41) is 11.7. The van der Waals surface area contributed by atoms with E-state index < -0.39 is 17.4 Å². The Hall–Kier alpha value is -2.04. The van der Waals surface area contributed by atoms with Gasteiger partial charge in [0.05, 0.1) is 12.1 Å². The zero-order valence-corrected chi connectivity index (χ0v) is 8.03. The number of rotatable bonds is 2. The molecule has 0 saturated carbocycles. The summed E-state index contributed by atoms with van der Waals surface area (Å²) in [5.41, 5.74) is 0.0503. The SMILES string of the molecule is Cc1ccc(C(=O)C2=C(O)C(=O)NC2)o1. The van der Waals surface area contributed by atoms with Crippen LogP contribution in [-0.4, -0.2) is 23.3 Å². The molecule has 0 fully saturated rings. The van der Waals surface area contributed by atoms with E-state index in [9.17, 15) is 14.7 Å². The molecule has 5 nitrogen and oxygen atoms in total. The molecule has 2 N–H and O–H groups in total. The highest BCUT2D eigenvalue weighted by Crippen LogP contribution is 2.16. The van der Waals surface area contributed by atoms with E-state index >= 15 is 0 Å². The molecule has 78 valence electrons. The average Bonchev–Trinajstić information content (AvgIpc) is 2.75. The molecule has 0 spiro atoms. The normalized spacial score (nSPS) is 15.7. The Balaban J connectivity index is 2.34. The van der Waals surface area contributed by atoms with Crippen LogP contribution in [0.1, 0.15) is 16.3 Å². The summed E-state index contributed by atoms with van der Waals surface area (Å²) < 4.78 is 5.11. The van der Waals surface area contributed by atoms with Gasteiger partial charge in [-0.25, -0.2) is 0 Å². The van der Waals surface area contributed by atoms with E-state index in [-0.39, 0.29) is 17.9 Å². The van der Waals surface area contributed by atoms with Gasteiger partial charge in [-0.15, -0.1) is 0 Å². The second-order valence-electron chi connectivity index (χ2n) is 3.25. The Morgan fingerprint density at radius 1 is 1.53 bits per heavy atom. The number of Topliss-reactive ketones (excluding diaryl/α,β-unsaturated/α-hetero) is 1. The molecule has 1 aliphatic heterocycles. The molecule has 2 heterocycles. The lowest BCUT2D eigenvalue weighted by atomic mass is 10.1. The molecule has 2 rings (SSSR count). The lowest BCUT2D eigenvalue weighted by Crippen LogP contribution is -2.17. The molecule has 1 aromatic heterocycles. The van der Waals surface area contributed by atoms with E-state index in [4.69, 9.17) is 4.42 Å². The second kappa shape index (κ2) is 3.27. The van der Waals surface area contributed by atoms with Crippen LogP contribution in [0.3, 0.4) is 0 Å². The Morgan fingerprint density at radius 3 is 2.73 bits per heavy atom. The number of aryl methyl sites for hydroxylation is 1.